The van der Waals surface area contributed by atoms with Crippen molar-refractivity contribution >= 4 is 17.3 Å². The van der Waals surface area contributed by atoms with Crippen LogP contribution in [0.1, 0.15) is 42.4 Å². The zero-order valence-corrected chi connectivity index (χ0v) is 17.8. The number of fused-ring (bicyclic) bond motifs is 3. The van der Waals surface area contributed by atoms with Gasteiger partial charge in [0.1, 0.15) is 0 Å². The van der Waals surface area contributed by atoms with Crippen LogP contribution in [0.4, 0.5) is 15.8 Å². The Balaban J connectivity index is 1.24. The summed E-state index contributed by atoms with van der Waals surface area (Å²) in [5, 5.41) is 52.4. The fraction of sp³-hybridized carbons (Fsp3) is 0.435. The number of para-hydroxylation sites is 1. The first kappa shape index (κ1) is 21.6. The molecule has 1 amide bonds. The minimum Gasteiger partial charge on any atom is -0.504 e. The molecule has 3 aliphatic rings. The number of phenolic OH excluding ortho intramolecular Hbond substituents is 4. The van der Waals surface area contributed by atoms with Crippen LogP contribution >= 0.6 is 0 Å². The van der Waals surface area contributed by atoms with Crippen molar-refractivity contribution in [1.29, 1.82) is 0 Å². The number of anilines is 2. The summed E-state index contributed by atoms with van der Waals surface area (Å²) in [6.07, 6.45) is 0.140. The van der Waals surface area contributed by atoms with E-state index in [0.717, 1.165) is 30.9 Å². The second-order valence-electron chi connectivity index (χ2n) is 8.96. The van der Waals surface area contributed by atoms with Crippen molar-refractivity contribution < 1.29 is 34.7 Å². The number of nitrogens with zero attached hydrogens (tertiary/aromatic N) is 2. The molecule has 3 unspecified atom stereocenters. The molecule has 176 valence electrons. The quantitative estimate of drug-likeness (QED) is 0.295. The molecule has 2 aromatic carbocycles. The molecule has 0 aromatic heterocycles. The van der Waals surface area contributed by atoms with E-state index in [1.54, 1.807) is 0 Å². The van der Waals surface area contributed by atoms with Gasteiger partial charge in [-0.3, -0.25) is 4.79 Å². The number of phenols is 4. The minimum atomic E-state index is -1.54. The number of rotatable bonds is 5. The van der Waals surface area contributed by atoms with Gasteiger partial charge in [-0.1, -0.05) is 12.1 Å². The van der Waals surface area contributed by atoms with Gasteiger partial charge in [0, 0.05) is 25.0 Å². The fourth-order valence-corrected chi connectivity index (χ4v) is 5.53. The maximum Gasteiger partial charge on any atom is 0.243 e. The highest BCUT2D eigenvalue weighted by Gasteiger charge is 2.45. The number of likely N-dealkylation sites (tertiary alicyclic amines) is 1. The largest absolute Gasteiger partial charge is 0.504 e. The number of aliphatic hydroxyl groups excluding tert-OH is 1. The van der Waals surface area contributed by atoms with E-state index < -0.39 is 40.5 Å². The maximum atomic E-state index is 13.6. The van der Waals surface area contributed by atoms with Gasteiger partial charge in [0.25, 0.3) is 0 Å². The van der Waals surface area contributed by atoms with Crippen molar-refractivity contribution in [3.63, 3.8) is 0 Å². The molecule has 1 saturated heterocycles. The van der Waals surface area contributed by atoms with Gasteiger partial charge in [0.2, 0.25) is 11.7 Å². The molecular weight excluding hydrogens is 433 g/mol. The molecule has 3 aliphatic heterocycles. The van der Waals surface area contributed by atoms with Crippen molar-refractivity contribution in [2.75, 3.05) is 36.4 Å². The summed E-state index contributed by atoms with van der Waals surface area (Å²) in [7, 11) is 0. The number of aliphatic hydroxyl groups is 1. The van der Waals surface area contributed by atoms with Gasteiger partial charge in [0.15, 0.2) is 23.0 Å². The molecule has 2 aromatic rings. The predicted octanol–water partition coefficient (Wildman–Crippen LogP) is 2.09. The highest BCUT2D eigenvalue weighted by atomic mass is 19.1. The maximum absolute atomic E-state index is 13.6. The molecule has 5 rings (SSSR count). The van der Waals surface area contributed by atoms with Gasteiger partial charge in [-0.05, 0) is 37.4 Å². The molecule has 0 spiro atoms. The van der Waals surface area contributed by atoms with Crippen LogP contribution in [0.3, 0.4) is 0 Å². The highest BCUT2D eigenvalue weighted by molar-refractivity contribution is 6.03. The Bertz CT molecular complexity index is 1100. The number of amides is 1. The number of hydrogen-bond acceptors (Lipinski definition) is 8. The van der Waals surface area contributed by atoms with Gasteiger partial charge in [-0.15, -0.1) is 0 Å². The Morgan fingerprint density at radius 3 is 2.58 bits per heavy atom. The Morgan fingerprint density at radius 2 is 1.85 bits per heavy atom. The van der Waals surface area contributed by atoms with Crippen LogP contribution in [0.2, 0.25) is 0 Å². The van der Waals surface area contributed by atoms with Crippen molar-refractivity contribution in [1.82, 2.24) is 4.90 Å². The van der Waals surface area contributed by atoms with E-state index in [4.69, 9.17) is 0 Å². The van der Waals surface area contributed by atoms with Crippen LogP contribution in [-0.4, -0.2) is 68.6 Å². The second-order valence-corrected chi connectivity index (χ2v) is 8.96. The van der Waals surface area contributed by atoms with Crippen LogP contribution in [0, 0.1) is 5.82 Å². The third-order valence-electron chi connectivity index (χ3n) is 7.06. The van der Waals surface area contributed by atoms with Crippen molar-refractivity contribution in [2.24, 2.45) is 0 Å². The monoisotopic (exact) mass is 459 g/mol. The molecule has 0 saturated carbocycles. The smallest absolute Gasteiger partial charge is 0.243 e. The van der Waals surface area contributed by atoms with Gasteiger partial charge in [-0.2, -0.15) is 4.39 Å². The summed E-state index contributed by atoms with van der Waals surface area (Å²) in [6, 6.07) is 6.27. The van der Waals surface area contributed by atoms with E-state index in [-0.39, 0.29) is 24.3 Å². The SMILES string of the molecule is O=C1CN2c3c(cccc3C3CN(CCCC(O)c4c(O)c(O)c(F)c(O)c4O)CCC32)N1. The molecule has 0 aliphatic carbocycles. The summed E-state index contributed by atoms with van der Waals surface area (Å²) in [5.41, 5.74) is 2.72. The molecule has 0 bridgehead atoms. The molecule has 10 heteroatoms. The normalized spacial score (nSPS) is 22.6. The van der Waals surface area contributed by atoms with E-state index >= 15 is 0 Å². The van der Waals surface area contributed by atoms with Crippen LogP contribution in [0.15, 0.2) is 18.2 Å². The standard InChI is InChI=1S/C23H26FN3O6/c24-18-22(32)20(30)17(21(31)23(18)33)15(28)5-2-7-26-8-6-14-12(9-26)11-3-1-4-13-19(11)27(14)10-16(29)25-13/h1,3-4,12,14-15,28,30-33H,2,5-10H2,(H,25,29). The summed E-state index contributed by atoms with van der Waals surface area (Å²) in [6.45, 7) is 2.64. The van der Waals surface area contributed by atoms with Gasteiger partial charge in [0.05, 0.1) is 29.6 Å². The van der Waals surface area contributed by atoms with E-state index in [1.807, 2.05) is 12.1 Å². The molecule has 6 N–H and O–H groups in total. The van der Waals surface area contributed by atoms with Gasteiger partial charge in [-0.25, -0.2) is 0 Å². The van der Waals surface area contributed by atoms with Crippen molar-refractivity contribution in [2.45, 2.75) is 37.3 Å². The van der Waals surface area contributed by atoms with Gasteiger partial charge >= 0.3 is 0 Å². The highest BCUT2D eigenvalue weighted by Crippen LogP contribution is 2.50. The predicted molar refractivity (Wildman–Crippen MR) is 117 cm³/mol. The number of aromatic hydroxyl groups is 4. The molecule has 0 radical (unpaired) electrons. The van der Waals surface area contributed by atoms with Crippen LogP contribution in [0.25, 0.3) is 0 Å². The Hall–Kier alpha value is -3.24. The minimum absolute atomic E-state index is 0.00101. The summed E-state index contributed by atoms with van der Waals surface area (Å²) < 4.78 is 13.6. The number of halogens is 1. The molecule has 3 heterocycles. The number of benzene rings is 2. The number of carbonyl (C=O) groups excluding carboxylic acids is 1. The third-order valence-corrected chi connectivity index (χ3v) is 7.06. The van der Waals surface area contributed by atoms with Crippen LogP contribution in [0.5, 0.6) is 23.0 Å². The zero-order chi connectivity index (χ0) is 23.4. The van der Waals surface area contributed by atoms with E-state index in [9.17, 15) is 34.7 Å². The number of nitrogens with one attached hydrogen (secondary N) is 1. The Labute approximate surface area is 189 Å². The third kappa shape index (κ3) is 3.41. The van der Waals surface area contributed by atoms with E-state index in [0.29, 0.717) is 19.5 Å². The van der Waals surface area contributed by atoms with Gasteiger partial charge < -0.3 is 40.6 Å². The first-order valence-corrected chi connectivity index (χ1v) is 11.0. The fourth-order valence-electron chi connectivity index (χ4n) is 5.53. The Kier molecular flexibility index (Phi) is 5.21. The van der Waals surface area contributed by atoms with Crippen LogP contribution in [-0.2, 0) is 4.79 Å². The topological polar surface area (TPSA) is 137 Å². The molecule has 9 nitrogen and oxygen atoms in total. The molecule has 3 atom stereocenters. The lowest BCUT2D eigenvalue weighted by Gasteiger charge is -2.39. The summed E-state index contributed by atoms with van der Waals surface area (Å²) in [4.78, 5) is 16.6. The second kappa shape index (κ2) is 7.96. The summed E-state index contributed by atoms with van der Waals surface area (Å²) in [5.74, 6) is -5.66. The van der Waals surface area contributed by atoms with Crippen molar-refractivity contribution in [3.05, 3.63) is 35.1 Å². The number of piperidine rings is 1. The first-order valence-electron chi connectivity index (χ1n) is 11.0. The lowest BCUT2D eigenvalue weighted by Crippen LogP contribution is -2.49. The first-order chi connectivity index (χ1) is 15.8. The number of hydrogen-bond donors (Lipinski definition) is 6. The van der Waals surface area contributed by atoms with E-state index in [1.165, 1.54) is 5.56 Å². The molecule has 33 heavy (non-hydrogen) atoms. The summed E-state index contributed by atoms with van der Waals surface area (Å²) >= 11 is 0. The van der Waals surface area contributed by atoms with Crippen LogP contribution < -0.4 is 10.2 Å². The lowest BCUT2D eigenvalue weighted by molar-refractivity contribution is -0.115. The molecular formula is C23H26FN3O6. The average Bonchev–Trinajstić information content (AvgIpc) is 3.11. The average molecular weight is 459 g/mol. The molecule has 1 fully saturated rings. The van der Waals surface area contributed by atoms with E-state index in [2.05, 4.69) is 21.2 Å². The number of carbonyl (C=O) groups is 1. The zero-order valence-electron chi connectivity index (χ0n) is 17.8. The van der Waals surface area contributed by atoms with Crippen molar-refractivity contribution in [3.8, 4) is 23.0 Å². The lowest BCUT2D eigenvalue weighted by atomic mass is 9.89. The Morgan fingerprint density at radius 1 is 1.12 bits per heavy atom.